The van der Waals surface area contributed by atoms with Crippen LogP contribution < -0.4 is 5.73 Å². The molecule has 0 spiro atoms. The highest BCUT2D eigenvalue weighted by atomic mass is 35.5. The van der Waals surface area contributed by atoms with E-state index in [1.165, 1.54) is 12.1 Å². The van der Waals surface area contributed by atoms with E-state index in [1.54, 1.807) is 12.1 Å². The Morgan fingerprint density at radius 1 is 1.35 bits per heavy atom. The van der Waals surface area contributed by atoms with E-state index in [-0.39, 0.29) is 4.91 Å². The van der Waals surface area contributed by atoms with Gasteiger partial charge < -0.3 is 5.73 Å². The molecule has 1 aliphatic heterocycles. The van der Waals surface area contributed by atoms with Crippen LogP contribution in [0.25, 0.3) is 6.08 Å². The zero-order chi connectivity index (χ0) is 14.9. The largest absolute Gasteiger partial charge is 0.368 e. The lowest BCUT2D eigenvalue weighted by Gasteiger charge is -2.08. The quantitative estimate of drug-likeness (QED) is 0.863. The molecule has 0 bridgehead atoms. The number of thioether (sulfide) groups is 1. The van der Waals surface area contributed by atoms with E-state index < -0.39 is 23.6 Å². The first-order valence-corrected chi connectivity index (χ1v) is 6.94. The maximum atomic E-state index is 12.0. The summed E-state index contributed by atoms with van der Waals surface area (Å²) in [6, 6.07) is 4.78. The molecule has 3 amide bonds. The molecule has 1 fully saturated rings. The monoisotopic (exact) mass is 330 g/mol. The van der Waals surface area contributed by atoms with Gasteiger partial charge in [-0.3, -0.25) is 19.3 Å². The Morgan fingerprint density at radius 2 is 2.05 bits per heavy atom. The van der Waals surface area contributed by atoms with E-state index in [4.69, 9.17) is 28.9 Å². The molecule has 20 heavy (non-hydrogen) atoms. The zero-order valence-corrected chi connectivity index (χ0v) is 12.3. The van der Waals surface area contributed by atoms with Crippen LogP contribution in [-0.4, -0.2) is 28.5 Å². The summed E-state index contributed by atoms with van der Waals surface area (Å²) in [5, 5.41) is 0.290. The van der Waals surface area contributed by atoms with Crippen LogP contribution in [0.5, 0.6) is 0 Å². The second-order valence-corrected chi connectivity index (χ2v) is 5.74. The van der Waals surface area contributed by atoms with E-state index in [0.717, 1.165) is 16.7 Å². The summed E-state index contributed by atoms with van der Waals surface area (Å²) in [5.74, 6) is -1.32. The third-order valence-electron chi connectivity index (χ3n) is 2.44. The minimum Gasteiger partial charge on any atom is -0.368 e. The lowest BCUT2D eigenvalue weighted by Crippen LogP contribution is -2.36. The number of imide groups is 1. The molecule has 1 aromatic rings. The molecule has 1 saturated heterocycles. The van der Waals surface area contributed by atoms with Crippen LogP contribution in [0, 0.1) is 0 Å². The zero-order valence-electron chi connectivity index (χ0n) is 9.93. The standard InChI is InChI=1S/C12H8Cl2N2O3S/c13-7-2-1-6(8(14)4-7)3-9-11(18)16(5-10(15)17)12(19)20-9/h1-4H,5H2,(H2,15,17)/b9-3-. The maximum Gasteiger partial charge on any atom is 0.294 e. The van der Waals surface area contributed by atoms with Gasteiger partial charge in [-0.1, -0.05) is 29.3 Å². The molecule has 104 valence electrons. The summed E-state index contributed by atoms with van der Waals surface area (Å²) >= 11 is 12.5. The van der Waals surface area contributed by atoms with Gasteiger partial charge in [-0.25, -0.2) is 0 Å². The fraction of sp³-hybridized carbons (Fsp3) is 0.0833. The molecule has 1 aliphatic rings. The van der Waals surface area contributed by atoms with Gasteiger partial charge in [-0.05, 0) is 35.5 Å². The van der Waals surface area contributed by atoms with Gasteiger partial charge in [0.2, 0.25) is 5.91 Å². The molecule has 1 aromatic carbocycles. The Balaban J connectivity index is 2.30. The smallest absolute Gasteiger partial charge is 0.294 e. The molecule has 0 atom stereocenters. The van der Waals surface area contributed by atoms with Gasteiger partial charge in [0.25, 0.3) is 11.1 Å². The first kappa shape index (κ1) is 14.9. The number of nitrogens with two attached hydrogens (primary N) is 1. The summed E-state index contributed by atoms with van der Waals surface area (Å²) in [7, 11) is 0. The summed E-state index contributed by atoms with van der Waals surface area (Å²) < 4.78 is 0. The van der Waals surface area contributed by atoms with Gasteiger partial charge in [0.05, 0.1) is 4.91 Å². The van der Waals surface area contributed by atoms with E-state index in [0.29, 0.717) is 15.6 Å². The molecule has 0 aromatic heterocycles. The average Bonchev–Trinajstić information content (AvgIpc) is 2.60. The molecule has 0 aliphatic carbocycles. The van der Waals surface area contributed by atoms with Gasteiger partial charge in [0, 0.05) is 10.0 Å². The fourth-order valence-electron chi connectivity index (χ4n) is 1.55. The molecule has 5 nitrogen and oxygen atoms in total. The number of carbonyl (C=O) groups is 3. The van der Waals surface area contributed by atoms with Crippen molar-refractivity contribution in [3.63, 3.8) is 0 Å². The number of benzene rings is 1. The molecule has 0 saturated carbocycles. The lowest BCUT2D eigenvalue weighted by atomic mass is 10.2. The molecule has 0 radical (unpaired) electrons. The van der Waals surface area contributed by atoms with E-state index >= 15 is 0 Å². The molecule has 0 unspecified atom stereocenters. The summed E-state index contributed by atoms with van der Waals surface area (Å²) in [6.07, 6.45) is 1.48. The fourth-order valence-corrected chi connectivity index (χ4v) is 2.84. The number of halogens is 2. The number of primary amides is 1. The number of hydrogen-bond acceptors (Lipinski definition) is 4. The van der Waals surface area contributed by atoms with Crippen molar-refractivity contribution in [3.05, 3.63) is 38.7 Å². The highest BCUT2D eigenvalue weighted by Gasteiger charge is 2.35. The second-order valence-electron chi connectivity index (χ2n) is 3.90. The third kappa shape index (κ3) is 3.15. The normalized spacial score (nSPS) is 17.1. The van der Waals surface area contributed by atoms with Crippen molar-refractivity contribution in [1.29, 1.82) is 0 Å². The van der Waals surface area contributed by atoms with Gasteiger partial charge >= 0.3 is 0 Å². The molecule has 2 rings (SSSR count). The predicted octanol–water partition coefficient (Wildman–Crippen LogP) is 2.52. The second kappa shape index (κ2) is 5.87. The first-order valence-electron chi connectivity index (χ1n) is 5.37. The first-order chi connectivity index (χ1) is 9.38. The topological polar surface area (TPSA) is 80.5 Å². The Kier molecular flexibility index (Phi) is 4.37. The van der Waals surface area contributed by atoms with Crippen molar-refractivity contribution in [3.8, 4) is 0 Å². The Bertz CT molecular complexity index is 646. The van der Waals surface area contributed by atoms with Crippen LogP contribution in [0.4, 0.5) is 4.79 Å². The van der Waals surface area contributed by atoms with Crippen molar-refractivity contribution in [2.24, 2.45) is 5.73 Å². The molecule has 8 heteroatoms. The summed E-state index contributed by atoms with van der Waals surface area (Å²) in [6.45, 7) is -0.434. The number of rotatable bonds is 3. The van der Waals surface area contributed by atoms with Crippen LogP contribution >= 0.6 is 35.0 Å². The third-order valence-corrected chi connectivity index (χ3v) is 3.91. The molecular weight excluding hydrogens is 323 g/mol. The van der Waals surface area contributed by atoms with Crippen molar-refractivity contribution >= 4 is 58.1 Å². The van der Waals surface area contributed by atoms with Crippen LogP contribution in [-0.2, 0) is 9.59 Å². The Morgan fingerprint density at radius 3 is 2.65 bits per heavy atom. The molecular formula is C12H8Cl2N2O3S. The highest BCUT2D eigenvalue weighted by molar-refractivity contribution is 8.18. The van der Waals surface area contributed by atoms with Crippen molar-refractivity contribution in [2.45, 2.75) is 0 Å². The van der Waals surface area contributed by atoms with Gasteiger partial charge in [-0.2, -0.15) is 0 Å². The van der Waals surface area contributed by atoms with Gasteiger partial charge in [-0.15, -0.1) is 0 Å². The van der Waals surface area contributed by atoms with E-state index in [1.807, 2.05) is 0 Å². The van der Waals surface area contributed by atoms with E-state index in [9.17, 15) is 14.4 Å². The van der Waals surface area contributed by atoms with Crippen LogP contribution in [0.1, 0.15) is 5.56 Å². The number of amides is 3. The van der Waals surface area contributed by atoms with Crippen LogP contribution in [0.2, 0.25) is 10.0 Å². The van der Waals surface area contributed by atoms with Crippen molar-refractivity contribution in [2.75, 3.05) is 6.54 Å². The SMILES string of the molecule is NC(=O)CN1C(=O)S/C(=C\c2ccc(Cl)cc2Cl)C1=O. The summed E-state index contributed by atoms with van der Waals surface area (Å²) in [5.41, 5.74) is 5.54. The van der Waals surface area contributed by atoms with Crippen molar-refractivity contribution in [1.82, 2.24) is 4.90 Å². The van der Waals surface area contributed by atoms with Crippen LogP contribution in [0.15, 0.2) is 23.1 Å². The van der Waals surface area contributed by atoms with E-state index in [2.05, 4.69) is 0 Å². The van der Waals surface area contributed by atoms with Crippen molar-refractivity contribution < 1.29 is 14.4 Å². The minimum absolute atomic E-state index is 0.181. The highest BCUT2D eigenvalue weighted by Crippen LogP contribution is 2.33. The Labute approximate surface area is 128 Å². The maximum absolute atomic E-state index is 12.0. The number of hydrogen-bond donors (Lipinski definition) is 1. The van der Waals surface area contributed by atoms with Gasteiger partial charge in [0.15, 0.2) is 0 Å². The van der Waals surface area contributed by atoms with Gasteiger partial charge in [0.1, 0.15) is 6.54 Å². The summed E-state index contributed by atoms with van der Waals surface area (Å²) in [4.78, 5) is 35.4. The van der Waals surface area contributed by atoms with Crippen LogP contribution in [0.3, 0.4) is 0 Å². The minimum atomic E-state index is -0.752. The molecule has 2 N–H and O–H groups in total. The number of carbonyl (C=O) groups excluding carboxylic acids is 3. The average molecular weight is 331 g/mol. The predicted molar refractivity (Wildman–Crippen MR) is 78.3 cm³/mol. The lowest BCUT2D eigenvalue weighted by molar-refractivity contribution is -0.127. The molecule has 1 heterocycles. The Hall–Kier alpha value is -1.50. The number of nitrogens with zero attached hydrogens (tertiary/aromatic N) is 1.